The molecule has 0 radical (unpaired) electrons. The van der Waals surface area contributed by atoms with Crippen LogP contribution in [0, 0.1) is 0 Å². The SMILES string of the molecule is NC1(COc2nc3ccccc3o2)CCCC1. The Morgan fingerprint density at radius 2 is 2.06 bits per heavy atom. The first-order valence-corrected chi connectivity index (χ1v) is 6.02. The van der Waals surface area contributed by atoms with Crippen molar-refractivity contribution >= 4 is 11.1 Å². The predicted molar refractivity (Wildman–Crippen MR) is 64.9 cm³/mol. The molecule has 1 heterocycles. The highest BCUT2D eigenvalue weighted by atomic mass is 16.6. The number of para-hydroxylation sites is 2. The Morgan fingerprint density at radius 1 is 1.29 bits per heavy atom. The molecule has 0 amide bonds. The van der Waals surface area contributed by atoms with Gasteiger partial charge >= 0.3 is 6.08 Å². The second kappa shape index (κ2) is 4.04. The van der Waals surface area contributed by atoms with Crippen LogP contribution in [0.3, 0.4) is 0 Å². The van der Waals surface area contributed by atoms with Crippen LogP contribution < -0.4 is 10.5 Å². The zero-order chi connectivity index (χ0) is 11.7. The molecule has 1 saturated carbocycles. The van der Waals surface area contributed by atoms with E-state index in [0.717, 1.165) is 23.9 Å². The monoisotopic (exact) mass is 232 g/mol. The number of nitrogens with zero attached hydrogens (tertiary/aromatic N) is 1. The molecule has 1 aromatic heterocycles. The summed E-state index contributed by atoms with van der Waals surface area (Å²) in [6.07, 6.45) is 4.74. The molecule has 17 heavy (non-hydrogen) atoms. The van der Waals surface area contributed by atoms with Crippen LogP contribution in [-0.4, -0.2) is 17.1 Å². The van der Waals surface area contributed by atoms with E-state index in [1.54, 1.807) is 0 Å². The molecular formula is C13H16N2O2. The van der Waals surface area contributed by atoms with Crippen LogP contribution in [0.15, 0.2) is 28.7 Å². The molecule has 3 rings (SSSR count). The van der Waals surface area contributed by atoms with E-state index in [0.29, 0.717) is 12.7 Å². The Hall–Kier alpha value is -1.55. The van der Waals surface area contributed by atoms with Crippen LogP contribution in [-0.2, 0) is 0 Å². The number of nitrogens with two attached hydrogens (primary N) is 1. The van der Waals surface area contributed by atoms with E-state index >= 15 is 0 Å². The van der Waals surface area contributed by atoms with Gasteiger partial charge in [0.1, 0.15) is 12.1 Å². The molecule has 0 atom stereocenters. The summed E-state index contributed by atoms with van der Waals surface area (Å²) in [5.74, 6) is 0. The molecule has 0 aliphatic heterocycles. The van der Waals surface area contributed by atoms with Crippen molar-refractivity contribution in [1.82, 2.24) is 4.98 Å². The molecule has 0 unspecified atom stereocenters. The van der Waals surface area contributed by atoms with Gasteiger partial charge in [-0.1, -0.05) is 25.0 Å². The summed E-state index contributed by atoms with van der Waals surface area (Å²) < 4.78 is 11.1. The first kappa shape index (κ1) is 10.6. The number of hydrogen-bond acceptors (Lipinski definition) is 4. The van der Waals surface area contributed by atoms with Gasteiger partial charge in [-0.3, -0.25) is 0 Å². The number of benzene rings is 1. The topological polar surface area (TPSA) is 61.3 Å². The summed E-state index contributed by atoms with van der Waals surface area (Å²) in [6, 6.07) is 7.62. The second-order valence-electron chi connectivity index (χ2n) is 4.81. The number of hydrogen-bond donors (Lipinski definition) is 1. The van der Waals surface area contributed by atoms with E-state index in [9.17, 15) is 0 Å². The van der Waals surface area contributed by atoms with Gasteiger partial charge in [0.2, 0.25) is 0 Å². The third kappa shape index (κ3) is 2.13. The third-order valence-electron chi connectivity index (χ3n) is 3.36. The summed E-state index contributed by atoms with van der Waals surface area (Å²) in [5, 5.41) is 0. The smallest absolute Gasteiger partial charge is 0.394 e. The maximum Gasteiger partial charge on any atom is 0.394 e. The van der Waals surface area contributed by atoms with Crippen LogP contribution in [0.5, 0.6) is 6.08 Å². The molecule has 90 valence electrons. The van der Waals surface area contributed by atoms with Gasteiger partial charge < -0.3 is 14.9 Å². The average molecular weight is 232 g/mol. The first-order valence-electron chi connectivity index (χ1n) is 6.02. The van der Waals surface area contributed by atoms with Crippen molar-refractivity contribution in [2.75, 3.05) is 6.61 Å². The quantitative estimate of drug-likeness (QED) is 0.883. The van der Waals surface area contributed by atoms with Crippen LogP contribution >= 0.6 is 0 Å². The zero-order valence-corrected chi connectivity index (χ0v) is 9.69. The molecule has 1 fully saturated rings. The van der Waals surface area contributed by atoms with Gasteiger partial charge in [-0.2, -0.15) is 4.98 Å². The molecule has 1 aromatic carbocycles. The molecular weight excluding hydrogens is 216 g/mol. The lowest BCUT2D eigenvalue weighted by Crippen LogP contribution is -2.42. The largest absolute Gasteiger partial charge is 0.448 e. The van der Waals surface area contributed by atoms with Crippen molar-refractivity contribution in [3.8, 4) is 6.08 Å². The van der Waals surface area contributed by atoms with Crippen LogP contribution in [0.1, 0.15) is 25.7 Å². The van der Waals surface area contributed by atoms with Gasteiger partial charge in [-0.25, -0.2) is 0 Å². The molecule has 2 N–H and O–H groups in total. The van der Waals surface area contributed by atoms with Gasteiger partial charge in [0.15, 0.2) is 5.58 Å². The van der Waals surface area contributed by atoms with Crippen molar-refractivity contribution in [2.24, 2.45) is 5.73 Å². The van der Waals surface area contributed by atoms with Gasteiger partial charge in [-0.05, 0) is 25.0 Å². The second-order valence-corrected chi connectivity index (χ2v) is 4.81. The van der Waals surface area contributed by atoms with Crippen molar-refractivity contribution in [1.29, 1.82) is 0 Å². The highest BCUT2D eigenvalue weighted by molar-refractivity contribution is 5.72. The molecule has 0 bridgehead atoms. The molecule has 4 nitrogen and oxygen atoms in total. The highest BCUT2D eigenvalue weighted by Gasteiger charge is 2.30. The minimum absolute atomic E-state index is 0.194. The predicted octanol–water partition coefficient (Wildman–Crippen LogP) is 2.48. The number of oxazole rings is 1. The minimum atomic E-state index is -0.194. The normalized spacial score (nSPS) is 18.6. The Labute approximate surface area is 99.8 Å². The van der Waals surface area contributed by atoms with Gasteiger partial charge in [0, 0.05) is 0 Å². The zero-order valence-electron chi connectivity index (χ0n) is 9.69. The van der Waals surface area contributed by atoms with Crippen LogP contribution in [0.2, 0.25) is 0 Å². The maximum absolute atomic E-state index is 6.21. The number of fused-ring (bicyclic) bond motifs is 1. The third-order valence-corrected chi connectivity index (χ3v) is 3.36. The summed E-state index contributed by atoms with van der Waals surface area (Å²) in [7, 11) is 0. The Morgan fingerprint density at radius 3 is 2.82 bits per heavy atom. The fourth-order valence-corrected chi connectivity index (χ4v) is 2.34. The van der Waals surface area contributed by atoms with Crippen molar-refractivity contribution in [3.63, 3.8) is 0 Å². The Kier molecular flexibility index (Phi) is 2.52. The molecule has 1 aliphatic rings. The van der Waals surface area contributed by atoms with Crippen molar-refractivity contribution < 1.29 is 9.15 Å². The standard InChI is InChI=1S/C13H16N2O2/c14-13(7-3-4-8-13)9-16-12-15-10-5-1-2-6-11(10)17-12/h1-2,5-6H,3-4,7-9,14H2. The Balaban J connectivity index is 1.72. The fourth-order valence-electron chi connectivity index (χ4n) is 2.34. The minimum Gasteiger partial charge on any atom is -0.448 e. The first-order chi connectivity index (χ1) is 8.25. The lowest BCUT2D eigenvalue weighted by Gasteiger charge is -2.21. The van der Waals surface area contributed by atoms with Crippen molar-refractivity contribution in [2.45, 2.75) is 31.2 Å². The number of aromatic nitrogens is 1. The van der Waals surface area contributed by atoms with Crippen LogP contribution in [0.4, 0.5) is 0 Å². The van der Waals surface area contributed by atoms with Gasteiger partial charge in [0.25, 0.3) is 0 Å². The van der Waals surface area contributed by atoms with E-state index in [4.69, 9.17) is 14.9 Å². The van der Waals surface area contributed by atoms with E-state index < -0.39 is 0 Å². The average Bonchev–Trinajstić information content (AvgIpc) is 2.93. The molecule has 1 aliphatic carbocycles. The van der Waals surface area contributed by atoms with E-state index in [2.05, 4.69) is 4.98 Å². The maximum atomic E-state index is 6.21. The summed E-state index contributed by atoms with van der Waals surface area (Å²) in [6.45, 7) is 0.486. The van der Waals surface area contributed by atoms with E-state index in [-0.39, 0.29) is 5.54 Å². The van der Waals surface area contributed by atoms with E-state index in [1.807, 2.05) is 24.3 Å². The molecule has 2 aromatic rings. The summed E-state index contributed by atoms with van der Waals surface area (Å²) in [4.78, 5) is 4.26. The lowest BCUT2D eigenvalue weighted by atomic mass is 10.0. The summed E-state index contributed by atoms with van der Waals surface area (Å²) in [5.41, 5.74) is 7.58. The molecule has 0 saturated heterocycles. The lowest BCUT2D eigenvalue weighted by molar-refractivity contribution is 0.174. The van der Waals surface area contributed by atoms with E-state index in [1.165, 1.54) is 12.8 Å². The highest BCUT2D eigenvalue weighted by Crippen LogP contribution is 2.28. The Bertz CT molecular complexity index is 482. The fraction of sp³-hybridized carbons (Fsp3) is 0.462. The van der Waals surface area contributed by atoms with Crippen molar-refractivity contribution in [3.05, 3.63) is 24.3 Å². The number of rotatable bonds is 3. The van der Waals surface area contributed by atoms with Gasteiger partial charge in [-0.15, -0.1) is 0 Å². The van der Waals surface area contributed by atoms with Crippen LogP contribution in [0.25, 0.3) is 11.1 Å². The summed E-state index contributed by atoms with van der Waals surface area (Å²) >= 11 is 0. The number of ether oxygens (including phenoxy) is 1. The van der Waals surface area contributed by atoms with Gasteiger partial charge in [0.05, 0.1) is 5.54 Å². The molecule has 0 spiro atoms. The molecule has 4 heteroatoms.